The fraction of sp³-hybridized carbons (Fsp3) is 0.192. The number of aromatic nitrogens is 2. The molecule has 0 bridgehead atoms. The van der Waals surface area contributed by atoms with E-state index in [2.05, 4.69) is 10.4 Å². The minimum atomic E-state index is -3.72. The highest BCUT2D eigenvalue weighted by atomic mass is 19.3. The van der Waals surface area contributed by atoms with Gasteiger partial charge < -0.3 is 10.2 Å². The first kappa shape index (κ1) is 24.4. The van der Waals surface area contributed by atoms with Gasteiger partial charge in [0.25, 0.3) is 5.91 Å². The second kappa shape index (κ2) is 8.99. The summed E-state index contributed by atoms with van der Waals surface area (Å²) in [4.78, 5) is 26.4. The van der Waals surface area contributed by atoms with Gasteiger partial charge in [-0.2, -0.15) is 13.9 Å². The van der Waals surface area contributed by atoms with Gasteiger partial charge in [-0.15, -0.1) is 0 Å². The van der Waals surface area contributed by atoms with E-state index in [1.165, 1.54) is 23.2 Å². The number of amides is 2. The molecule has 0 radical (unpaired) electrons. The monoisotopic (exact) mass is 514 g/mol. The first-order valence-electron chi connectivity index (χ1n) is 11.2. The normalized spacial score (nSPS) is 18.0. The van der Waals surface area contributed by atoms with Crippen molar-refractivity contribution in [2.24, 2.45) is 0 Å². The van der Waals surface area contributed by atoms with Crippen LogP contribution in [0, 0.1) is 17.5 Å². The number of carbonyl (C=O) groups excluding carboxylic acids is 2. The van der Waals surface area contributed by atoms with E-state index in [1.807, 2.05) is 0 Å². The Kier molecular flexibility index (Phi) is 5.93. The lowest BCUT2D eigenvalue weighted by atomic mass is 9.98. The molecule has 11 heteroatoms. The van der Waals surface area contributed by atoms with Crippen LogP contribution in [0.25, 0.3) is 16.6 Å². The van der Waals surface area contributed by atoms with Crippen molar-refractivity contribution >= 4 is 28.4 Å². The highest BCUT2D eigenvalue weighted by Crippen LogP contribution is 2.39. The lowest BCUT2D eigenvalue weighted by molar-refractivity contribution is -0.143. The van der Waals surface area contributed by atoms with E-state index >= 15 is 0 Å². The summed E-state index contributed by atoms with van der Waals surface area (Å²) in [5, 5.41) is 7.06. The molecule has 6 nitrogen and oxygen atoms in total. The number of hydrogen-bond acceptors (Lipinski definition) is 3. The quantitative estimate of drug-likeness (QED) is 0.379. The Morgan fingerprint density at radius 1 is 0.946 bits per heavy atom. The maximum Gasteiger partial charge on any atom is 0.321 e. The Hall–Kier alpha value is -4.28. The molecule has 2 atom stereocenters. The second-order valence-electron chi connectivity index (χ2n) is 8.86. The minimum Gasteiger partial charge on any atom is -0.345 e. The van der Waals surface area contributed by atoms with Crippen LogP contribution in [-0.4, -0.2) is 33.6 Å². The number of carbonyl (C=O) groups is 2. The van der Waals surface area contributed by atoms with Gasteiger partial charge in [0.2, 0.25) is 5.91 Å². The molecule has 0 spiro atoms. The summed E-state index contributed by atoms with van der Waals surface area (Å²) in [5.74, 6) is -8.11. The summed E-state index contributed by atoms with van der Waals surface area (Å²) in [6, 6.07) is 10.8. The van der Waals surface area contributed by atoms with Crippen LogP contribution in [0.2, 0.25) is 0 Å². The van der Waals surface area contributed by atoms with Crippen molar-refractivity contribution in [1.82, 2.24) is 15.1 Å². The largest absolute Gasteiger partial charge is 0.345 e. The van der Waals surface area contributed by atoms with Gasteiger partial charge in [0, 0.05) is 30.5 Å². The third-order valence-corrected chi connectivity index (χ3v) is 6.17. The number of alkyl halides is 2. The zero-order chi connectivity index (χ0) is 26.5. The topological polar surface area (TPSA) is 67.2 Å². The number of fused-ring (bicyclic) bond motifs is 1. The smallest absolute Gasteiger partial charge is 0.321 e. The average molecular weight is 514 g/mol. The molecular weight excluding hydrogens is 495 g/mol. The lowest BCUT2D eigenvalue weighted by Crippen LogP contribution is -2.46. The lowest BCUT2D eigenvalue weighted by Gasteiger charge is -2.30. The maximum atomic E-state index is 14.1. The molecule has 3 aromatic carbocycles. The highest BCUT2D eigenvalue weighted by Gasteiger charge is 2.45. The Labute approximate surface area is 207 Å². The van der Waals surface area contributed by atoms with Crippen LogP contribution < -0.4 is 10.2 Å². The standard InChI is InChI=1S/C26H19F5N4O2/c1-26(30,31)25(37)33-21-12-23(36)34(24(21)14-8-17(28)11-18(29)9-14)20-6-7-22-15(10-20)13-32-35(22)19-4-2-16(27)3-5-19/h2-11,13,21,24H,12H2,1H3,(H,33,37)/t21-,24+/m0/s1. The van der Waals surface area contributed by atoms with Gasteiger partial charge in [-0.05, 0) is 60.2 Å². The maximum absolute atomic E-state index is 14.1. The zero-order valence-electron chi connectivity index (χ0n) is 19.3. The van der Waals surface area contributed by atoms with Crippen LogP contribution in [0.4, 0.5) is 27.6 Å². The van der Waals surface area contributed by atoms with Crippen LogP contribution in [0.15, 0.2) is 66.9 Å². The molecule has 4 aromatic rings. The summed E-state index contributed by atoms with van der Waals surface area (Å²) >= 11 is 0. The summed E-state index contributed by atoms with van der Waals surface area (Å²) in [6.45, 7) is 0.417. The molecule has 2 heterocycles. The Bertz CT molecular complexity index is 1490. The minimum absolute atomic E-state index is 0.00447. The van der Waals surface area contributed by atoms with E-state index < -0.39 is 47.3 Å². The van der Waals surface area contributed by atoms with Gasteiger partial charge in [0.05, 0.1) is 29.5 Å². The van der Waals surface area contributed by atoms with Gasteiger partial charge in [-0.25, -0.2) is 17.9 Å². The third-order valence-electron chi connectivity index (χ3n) is 6.17. The van der Waals surface area contributed by atoms with Crippen LogP contribution >= 0.6 is 0 Å². The molecule has 0 unspecified atom stereocenters. The number of benzene rings is 3. The predicted octanol–water partition coefficient (Wildman–Crippen LogP) is 5.06. The van der Waals surface area contributed by atoms with E-state index in [9.17, 15) is 31.5 Å². The molecule has 190 valence electrons. The van der Waals surface area contributed by atoms with E-state index in [0.29, 0.717) is 35.3 Å². The van der Waals surface area contributed by atoms with Crippen molar-refractivity contribution in [2.45, 2.75) is 31.4 Å². The Morgan fingerprint density at radius 2 is 1.59 bits per heavy atom. The average Bonchev–Trinajstić information content (AvgIpc) is 3.38. The number of anilines is 1. The van der Waals surface area contributed by atoms with Crippen molar-refractivity contribution in [3.63, 3.8) is 0 Å². The van der Waals surface area contributed by atoms with Gasteiger partial charge in [-0.1, -0.05) is 0 Å². The molecule has 5 rings (SSSR count). The van der Waals surface area contributed by atoms with E-state index in [1.54, 1.807) is 35.0 Å². The number of halogens is 5. The van der Waals surface area contributed by atoms with Crippen molar-refractivity contribution in [3.8, 4) is 5.69 Å². The molecule has 37 heavy (non-hydrogen) atoms. The van der Waals surface area contributed by atoms with Gasteiger partial charge in [-0.3, -0.25) is 9.59 Å². The first-order chi connectivity index (χ1) is 17.5. The summed E-state index contributed by atoms with van der Waals surface area (Å²) < 4.78 is 70.3. The number of rotatable bonds is 5. The third kappa shape index (κ3) is 4.64. The molecule has 2 amide bonds. The Balaban J connectivity index is 1.57. The number of nitrogens with zero attached hydrogens (tertiary/aromatic N) is 3. The first-order valence-corrected chi connectivity index (χ1v) is 11.2. The Morgan fingerprint density at radius 3 is 2.24 bits per heavy atom. The van der Waals surface area contributed by atoms with Gasteiger partial charge in [0.15, 0.2) is 0 Å². The summed E-state index contributed by atoms with van der Waals surface area (Å²) in [5.41, 5.74) is 1.53. The molecule has 1 saturated heterocycles. The number of nitrogens with one attached hydrogen (secondary N) is 1. The fourth-order valence-electron chi connectivity index (χ4n) is 4.55. The highest BCUT2D eigenvalue weighted by molar-refractivity contribution is 6.00. The van der Waals surface area contributed by atoms with E-state index in [0.717, 1.165) is 12.1 Å². The van der Waals surface area contributed by atoms with E-state index in [-0.39, 0.29) is 12.0 Å². The molecule has 1 fully saturated rings. The molecule has 1 aliphatic heterocycles. The molecule has 0 saturated carbocycles. The molecule has 1 N–H and O–H groups in total. The van der Waals surface area contributed by atoms with Crippen molar-refractivity contribution < 1.29 is 31.5 Å². The fourth-order valence-corrected chi connectivity index (χ4v) is 4.55. The molecule has 1 aromatic heterocycles. The van der Waals surface area contributed by atoms with Crippen LogP contribution in [0.1, 0.15) is 24.9 Å². The van der Waals surface area contributed by atoms with Crippen molar-refractivity contribution in [2.75, 3.05) is 4.90 Å². The zero-order valence-corrected chi connectivity index (χ0v) is 19.3. The van der Waals surface area contributed by atoms with Gasteiger partial charge >= 0.3 is 5.92 Å². The second-order valence-corrected chi connectivity index (χ2v) is 8.86. The number of hydrogen-bond donors (Lipinski definition) is 1. The SMILES string of the molecule is CC(F)(F)C(=O)N[C@H]1CC(=O)N(c2ccc3c(cnn3-c3ccc(F)cc3)c2)[C@@H]1c1cc(F)cc(F)c1. The van der Waals surface area contributed by atoms with Crippen LogP contribution in [0.5, 0.6) is 0 Å². The predicted molar refractivity (Wildman–Crippen MR) is 125 cm³/mol. The van der Waals surface area contributed by atoms with Gasteiger partial charge in [0.1, 0.15) is 17.5 Å². The molecule has 0 aliphatic carbocycles. The van der Waals surface area contributed by atoms with Crippen LogP contribution in [0.3, 0.4) is 0 Å². The summed E-state index contributed by atoms with van der Waals surface area (Å²) in [7, 11) is 0. The molecule has 1 aliphatic rings. The molecular formula is C26H19F5N4O2. The van der Waals surface area contributed by atoms with Crippen molar-refractivity contribution in [3.05, 3.63) is 89.9 Å². The van der Waals surface area contributed by atoms with Crippen molar-refractivity contribution in [1.29, 1.82) is 0 Å². The van der Waals surface area contributed by atoms with Crippen LogP contribution in [-0.2, 0) is 9.59 Å². The summed E-state index contributed by atoms with van der Waals surface area (Å²) in [6.07, 6.45) is 1.16. The van der Waals surface area contributed by atoms with E-state index in [4.69, 9.17) is 0 Å².